The van der Waals surface area contributed by atoms with Gasteiger partial charge in [-0.3, -0.25) is 18.7 Å². The van der Waals surface area contributed by atoms with Gasteiger partial charge < -0.3 is 21.1 Å². The van der Waals surface area contributed by atoms with Crippen molar-refractivity contribution < 1.29 is 32.3 Å². The summed E-state index contributed by atoms with van der Waals surface area (Å²) in [6.45, 7) is 2.13. The molecule has 12 heteroatoms. The molecule has 0 aliphatic carbocycles. The molecule has 0 saturated carbocycles. The molecule has 1 heterocycles. The number of ketones is 1. The lowest BCUT2D eigenvalue weighted by Gasteiger charge is -2.33. The molecular formula is C32H37FN4O6S. The summed E-state index contributed by atoms with van der Waals surface area (Å²) in [5.74, 6) is -1.62. The number of Topliss-reactive ketones (excluding diaryl/α,β-unsaturated/α-hetero) is 1. The Morgan fingerprint density at radius 3 is 2.23 bits per heavy atom. The molecule has 4 atom stereocenters. The Kier molecular flexibility index (Phi) is 10.5. The second-order valence-electron chi connectivity index (χ2n) is 11.1. The Labute approximate surface area is 256 Å². The number of piperidine rings is 1. The molecule has 0 spiro atoms. The van der Waals surface area contributed by atoms with Crippen molar-refractivity contribution in [1.29, 1.82) is 0 Å². The van der Waals surface area contributed by atoms with Crippen LogP contribution >= 0.6 is 0 Å². The lowest BCUT2D eigenvalue weighted by atomic mass is 9.90. The van der Waals surface area contributed by atoms with Crippen LogP contribution in [0.15, 0.2) is 72.8 Å². The first-order valence-electron chi connectivity index (χ1n) is 14.2. The molecule has 3 aromatic carbocycles. The standard InChI is InChI=1S/C32H37FN4O6S/c1-20(22-9-11-25(33)12-10-22)35-31(40)23-16-24(18-26(17-23)37(2)44(3,42)43)32(41)36-29(15-21-7-5-4-6-8-21)30(39)28-19-27(38)13-14-34-28/h4-12,16-18,20,28-30,34,39H,13-15,19H2,1-3H3,(H,35,40)(H,36,41)/t20-,28-,29+,30-/m1/s1. The van der Waals surface area contributed by atoms with Gasteiger partial charge in [0.25, 0.3) is 11.8 Å². The molecule has 44 heavy (non-hydrogen) atoms. The zero-order chi connectivity index (χ0) is 32.0. The van der Waals surface area contributed by atoms with Gasteiger partial charge in [0.2, 0.25) is 10.0 Å². The van der Waals surface area contributed by atoms with Crippen molar-refractivity contribution in [2.24, 2.45) is 0 Å². The molecule has 2 amide bonds. The summed E-state index contributed by atoms with van der Waals surface area (Å²) in [6.07, 6.45) is 0.619. The van der Waals surface area contributed by atoms with E-state index >= 15 is 0 Å². The maximum Gasteiger partial charge on any atom is 0.251 e. The van der Waals surface area contributed by atoms with Gasteiger partial charge in [-0.15, -0.1) is 0 Å². The van der Waals surface area contributed by atoms with Crippen molar-refractivity contribution in [1.82, 2.24) is 16.0 Å². The minimum atomic E-state index is -3.75. The van der Waals surface area contributed by atoms with Gasteiger partial charge in [-0.2, -0.15) is 0 Å². The maximum absolute atomic E-state index is 13.7. The zero-order valence-corrected chi connectivity index (χ0v) is 25.6. The van der Waals surface area contributed by atoms with Crippen LogP contribution in [0.2, 0.25) is 0 Å². The third-order valence-corrected chi connectivity index (χ3v) is 8.92. The first kappa shape index (κ1) is 32.8. The van der Waals surface area contributed by atoms with Crippen molar-refractivity contribution in [3.8, 4) is 0 Å². The van der Waals surface area contributed by atoms with Gasteiger partial charge in [0.05, 0.1) is 30.1 Å². The van der Waals surface area contributed by atoms with Crippen molar-refractivity contribution in [3.05, 3.63) is 101 Å². The summed E-state index contributed by atoms with van der Waals surface area (Å²) < 4.78 is 39.1. The first-order chi connectivity index (χ1) is 20.8. The molecule has 4 rings (SSSR count). The number of carbonyl (C=O) groups excluding carboxylic acids is 3. The van der Waals surface area contributed by atoms with E-state index in [1.54, 1.807) is 19.1 Å². The summed E-state index contributed by atoms with van der Waals surface area (Å²) in [5.41, 5.74) is 1.60. The van der Waals surface area contributed by atoms with Crippen LogP contribution in [0.5, 0.6) is 0 Å². The Hall–Kier alpha value is -4.13. The van der Waals surface area contributed by atoms with Crippen molar-refractivity contribution in [2.45, 2.75) is 50.4 Å². The number of sulfonamides is 1. The molecule has 1 aliphatic rings. The predicted octanol–water partition coefficient (Wildman–Crippen LogP) is 2.74. The topological polar surface area (TPSA) is 145 Å². The summed E-state index contributed by atoms with van der Waals surface area (Å²) >= 11 is 0. The number of nitrogens with zero attached hydrogens (tertiary/aromatic N) is 1. The third kappa shape index (κ3) is 8.49. The lowest BCUT2D eigenvalue weighted by molar-refractivity contribution is -0.121. The van der Waals surface area contributed by atoms with E-state index in [9.17, 15) is 32.3 Å². The summed E-state index contributed by atoms with van der Waals surface area (Å²) in [7, 11) is -2.45. The molecule has 234 valence electrons. The summed E-state index contributed by atoms with van der Waals surface area (Å²) in [4.78, 5) is 39.2. The van der Waals surface area contributed by atoms with Gasteiger partial charge in [-0.05, 0) is 54.8 Å². The van der Waals surface area contributed by atoms with E-state index in [1.807, 2.05) is 30.3 Å². The van der Waals surface area contributed by atoms with Crippen LogP contribution in [-0.4, -0.2) is 69.2 Å². The van der Waals surface area contributed by atoms with Crippen LogP contribution in [0.4, 0.5) is 10.1 Å². The van der Waals surface area contributed by atoms with E-state index < -0.39 is 51.9 Å². The number of hydrogen-bond acceptors (Lipinski definition) is 7. The van der Waals surface area contributed by atoms with Crippen LogP contribution in [0.3, 0.4) is 0 Å². The number of aliphatic hydroxyl groups excluding tert-OH is 1. The average molecular weight is 625 g/mol. The molecule has 0 radical (unpaired) electrons. The zero-order valence-electron chi connectivity index (χ0n) is 24.8. The Bertz CT molecular complexity index is 1600. The Morgan fingerprint density at radius 1 is 1.02 bits per heavy atom. The third-order valence-electron chi connectivity index (χ3n) is 7.72. The predicted molar refractivity (Wildman–Crippen MR) is 165 cm³/mol. The van der Waals surface area contributed by atoms with Crippen LogP contribution < -0.4 is 20.3 Å². The number of anilines is 1. The number of nitrogens with one attached hydrogen (secondary N) is 3. The second kappa shape index (κ2) is 14.1. The Morgan fingerprint density at radius 2 is 1.64 bits per heavy atom. The second-order valence-corrected chi connectivity index (χ2v) is 13.1. The van der Waals surface area contributed by atoms with Crippen LogP contribution in [0, 0.1) is 5.82 Å². The molecule has 0 aromatic heterocycles. The van der Waals surface area contributed by atoms with E-state index in [1.165, 1.54) is 37.4 Å². The largest absolute Gasteiger partial charge is 0.389 e. The molecule has 0 unspecified atom stereocenters. The molecule has 1 saturated heterocycles. The minimum Gasteiger partial charge on any atom is -0.389 e. The number of carbonyl (C=O) groups is 3. The van der Waals surface area contributed by atoms with Crippen LogP contribution in [0.25, 0.3) is 0 Å². The van der Waals surface area contributed by atoms with Gasteiger partial charge in [-0.1, -0.05) is 42.5 Å². The number of rotatable bonds is 11. The SMILES string of the molecule is C[C@@H](NC(=O)c1cc(C(=O)N[C@@H](Cc2ccccc2)[C@H](O)[C@H]2CC(=O)CCN2)cc(N(C)S(C)(=O)=O)c1)c1ccc(F)cc1. The van der Waals surface area contributed by atoms with Gasteiger partial charge >= 0.3 is 0 Å². The first-order valence-corrected chi connectivity index (χ1v) is 16.1. The normalized spacial score (nSPS) is 17.3. The quantitative estimate of drug-likeness (QED) is 0.257. The van der Waals surface area contributed by atoms with E-state index in [0.717, 1.165) is 16.1 Å². The fraction of sp³-hybridized carbons (Fsp3) is 0.344. The monoisotopic (exact) mass is 624 g/mol. The molecular weight excluding hydrogens is 587 g/mol. The highest BCUT2D eigenvalue weighted by molar-refractivity contribution is 7.92. The number of aliphatic hydroxyl groups is 1. The smallest absolute Gasteiger partial charge is 0.251 e. The lowest BCUT2D eigenvalue weighted by Crippen LogP contribution is -2.56. The minimum absolute atomic E-state index is 0.00414. The van der Waals surface area contributed by atoms with Crippen LogP contribution in [-0.2, 0) is 21.2 Å². The number of hydrogen-bond donors (Lipinski definition) is 4. The van der Waals surface area contributed by atoms with Gasteiger partial charge in [0.15, 0.2) is 0 Å². The average Bonchev–Trinajstić information content (AvgIpc) is 3.00. The van der Waals surface area contributed by atoms with Crippen molar-refractivity contribution >= 4 is 33.3 Å². The Balaban J connectivity index is 1.65. The van der Waals surface area contributed by atoms with Gasteiger partial charge in [0, 0.05) is 43.6 Å². The van der Waals surface area contributed by atoms with Crippen molar-refractivity contribution in [3.63, 3.8) is 0 Å². The highest BCUT2D eigenvalue weighted by atomic mass is 32.2. The number of benzene rings is 3. The molecule has 0 bridgehead atoms. The molecule has 4 N–H and O–H groups in total. The van der Waals surface area contributed by atoms with Gasteiger partial charge in [0.1, 0.15) is 11.6 Å². The molecule has 1 fully saturated rings. The molecule has 3 aromatic rings. The fourth-order valence-corrected chi connectivity index (χ4v) is 5.57. The van der Waals surface area contributed by atoms with Crippen molar-refractivity contribution in [2.75, 3.05) is 24.2 Å². The van der Waals surface area contributed by atoms with Crippen LogP contribution in [0.1, 0.15) is 57.7 Å². The molecule has 1 aliphatic heterocycles. The number of halogens is 1. The highest BCUT2D eigenvalue weighted by Gasteiger charge is 2.33. The maximum atomic E-state index is 13.7. The van der Waals surface area contributed by atoms with E-state index in [2.05, 4.69) is 16.0 Å². The van der Waals surface area contributed by atoms with E-state index in [4.69, 9.17) is 0 Å². The molecule has 10 nitrogen and oxygen atoms in total. The number of amides is 2. The van der Waals surface area contributed by atoms with E-state index in [-0.39, 0.29) is 35.4 Å². The highest BCUT2D eigenvalue weighted by Crippen LogP contribution is 2.23. The van der Waals surface area contributed by atoms with E-state index in [0.29, 0.717) is 18.5 Å². The fourth-order valence-electron chi connectivity index (χ4n) is 5.08. The van der Waals surface area contributed by atoms with Gasteiger partial charge in [-0.25, -0.2) is 12.8 Å². The summed E-state index contributed by atoms with van der Waals surface area (Å²) in [5, 5.41) is 20.1. The summed E-state index contributed by atoms with van der Waals surface area (Å²) in [6, 6.07) is 17.0.